The molecule has 0 saturated heterocycles. The van der Waals surface area contributed by atoms with Crippen LogP contribution in [0.25, 0.3) is 0 Å². The highest BCUT2D eigenvalue weighted by molar-refractivity contribution is 7.85. The lowest BCUT2D eigenvalue weighted by Crippen LogP contribution is -2.52. The largest absolute Gasteiger partial charge is 0.493 e. The smallest absolute Gasteiger partial charge is 0.315 e. The monoisotopic (exact) mass is 518 g/mol. The molecule has 0 aliphatic carbocycles. The highest BCUT2D eigenvalue weighted by Crippen LogP contribution is 2.45. The van der Waals surface area contributed by atoms with Gasteiger partial charge in [0.25, 0.3) is 0 Å². The minimum Gasteiger partial charge on any atom is -0.493 e. The van der Waals surface area contributed by atoms with Crippen LogP contribution in [0.3, 0.4) is 0 Å². The zero-order valence-electron chi connectivity index (χ0n) is 19.5. The number of primary amides is 1. The molecule has 186 valence electrons. The quantitative estimate of drug-likeness (QED) is 0.429. The van der Waals surface area contributed by atoms with Crippen LogP contribution >= 0.6 is 11.7 Å². The molecule has 3 N–H and O–H groups in total. The second-order valence-electron chi connectivity index (χ2n) is 8.41. The number of fused-ring (bicyclic) bond motifs is 1. The van der Waals surface area contributed by atoms with Gasteiger partial charge in [0, 0.05) is 13.1 Å². The molecule has 12 heteroatoms. The van der Waals surface area contributed by atoms with Gasteiger partial charge in [0.2, 0.25) is 10.9 Å². The lowest BCUT2D eigenvalue weighted by atomic mass is 9.79. The van der Waals surface area contributed by atoms with Gasteiger partial charge in [0.15, 0.2) is 11.5 Å². The standard InChI is InChI=1S/C23H26N4O6S2/c1-14-5-4-6-17(9-14)23(12-20(24)28,21-22(26-34-25-21)35(29,30)31)27-8-7-15-10-18(32-2)19(33-3)11-16(15)13-27/h4-6,9-11H,7-8,12-13H2,1-3H3,(H2,24,28)(H,29,30,31). The summed E-state index contributed by atoms with van der Waals surface area (Å²) in [5.41, 5.74) is 7.82. The van der Waals surface area contributed by atoms with E-state index in [2.05, 4.69) is 8.75 Å². The van der Waals surface area contributed by atoms with Crippen molar-refractivity contribution in [3.05, 3.63) is 64.3 Å². The molecule has 4 rings (SSSR count). The summed E-state index contributed by atoms with van der Waals surface area (Å²) < 4.78 is 53.6. The van der Waals surface area contributed by atoms with Crippen LogP contribution in [0.15, 0.2) is 41.4 Å². The number of aryl methyl sites for hydroxylation is 1. The Balaban J connectivity index is 1.97. The molecule has 3 aromatic rings. The van der Waals surface area contributed by atoms with E-state index in [1.165, 1.54) is 0 Å². The van der Waals surface area contributed by atoms with Crippen molar-refractivity contribution in [3.63, 3.8) is 0 Å². The number of benzene rings is 2. The zero-order chi connectivity index (χ0) is 25.4. The minimum absolute atomic E-state index is 0.0293. The van der Waals surface area contributed by atoms with Crippen LogP contribution in [-0.4, -0.2) is 53.3 Å². The van der Waals surface area contributed by atoms with E-state index in [0.717, 1.165) is 16.7 Å². The molecule has 0 spiro atoms. The summed E-state index contributed by atoms with van der Waals surface area (Å²) in [6.07, 6.45) is 0.313. The zero-order valence-corrected chi connectivity index (χ0v) is 21.1. The second-order valence-corrected chi connectivity index (χ2v) is 10.3. The van der Waals surface area contributed by atoms with Crippen molar-refractivity contribution >= 4 is 27.8 Å². The Morgan fingerprint density at radius 2 is 1.86 bits per heavy atom. The van der Waals surface area contributed by atoms with Gasteiger partial charge in [-0.05, 0) is 42.2 Å². The molecule has 1 aliphatic rings. The Labute approximate surface area is 207 Å². The van der Waals surface area contributed by atoms with E-state index in [0.29, 0.717) is 48.3 Å². The van der Waals surface area contributed by atoms with Crippen molar-refractivity contribution in [2.45, 2.75) is 36.9 Å². The lowest BCUT2D eigenvalue weighted by molar-refractivity contribution is -0.121. The van der Waals surface area contributed by atoms with E-state index in [4.69, 9.17) is 15.2 Å². The Kier molecular flexibility index (Phi) is 6.82. The number of hydrogen-bond donors (Lipinski definition) is 2. The van der Waals surface area contributed by atoms with Gasteiger partial charge in [0.1, 0.15) is 11.2 Å². The maximum absolute atomic E-state index is 12.5. The molecule has 35 heavy (non-hydrogen) atoms. The fraction of sp³-hybridized carbons (Fsp3) is 0.348. The molecule has 0 fully saturated rings. The highest BCUT2D eigenvalue weighted by Gasteiger charge is 2.48. The van der Waals surface area contributed by atoms with Crippen LogP contribution in [0.2, 0.25) is 0 Å². The number of hydrogen-bond acceptors (Lipinski definition) is 9. The van der Waals surface area contributed by atoms with Crippen LogP contribution in [0.5, 0.6) is 11.5 Å². The maximum atomic E-state index is 12.5. The van der Waals surface area contributed by atoms with Crippen LogP contribution in [0.4, 0.5) is 0 Å². The van der Waals surface area contributed by atoms with E-state index in [9.17, 15) is 17.8 Å². The number of aromatic nitrogens is 2. The molecular weight excluding hydrogens is 492 g/mol. The minimum atomic E-state index is -4.72. The molecule has 1 unspecified atom stereocenters. The van der Waals surface area contributed by atoms with Crippen LogP contribution in [0, 0.1) is 6.92 Å². The summed E-state index contributed by atoms with van der Waals surface area (Å²) in [6, 6.07) is 11.2. The topological polar surface area (TPSA) is 145 Å². The number of amides is 1. The van der Waals surface area contributed by atoms with Crippen LogP contribution in [0.1, 0.15) is 34.4 Å². The predicted octanol–water partition coefficient (Wildman–Crippen LogP) is 2.29. The average molecular weight is 519 g/mol. The Morgan fingerprint density at radius 3 is 2.46 bits per heavy atom. The van der Waals surface area contributed by atoms with E-state index in [1.54, 1.807) is 20.3 Å². The summed E-state index contributed by atoms with van der Waals surface area (Å²) in [7, 11) is -1.60. The predicted molar refractivity (Wildman–Crippen MR) is 129 cm³/mol. The van der Waals surface area contributed by atoms with Crippen molar-refractivity contribution in [2.75, 3.05) is 20.8 Å². The molecule has 10 nitrogen and oxygen atoms in total. The number of ether oxygens (including phenoxy) is 2. The summed E-state index contributed by atoms with van der Waals surface area (Å²) in [5, 5.41) is -0.580. The van der Waals surface area contributed by atoms with Gasteiger partial charge in [0.05, 0.1) is 32.4 Å². The fourth-order valence-electron chi connectivity index (χ4n) is 4.73. The van der Waals surface area contributed by atoms with Gasteiger partial charge in [-0.2, -0.15) is 17.2 Å². The Morgan fingerprint density at radius 1 is 1.17 bits per heavy atom. The first kappa shape index (κ1) is 25.0. The number of rotatable bonds is 8. The van der Waals surface area contributed by atoms with Gasteiger partial charge in [-0.25, -0.2) is 0 Å². The molecule has 0 saturated carbocycles. The number of carbonyl (C=O) groups is 1. The molecule has 2 heterocycles. The van der Waals surface area contributed by atoms with Gasteiger partial charge in [-0.15, -0.1) is 0 Å². The number of carbonyl (C=O) groups excluding carboxylic acids is 1. The van der Waals surface area contributed by atoms with Crippen molar-refractivity contribution < 1.29 is 27.2 Å². The SMILES string of the molecule is COc1cc2c(cc1OC)CN(C(CC(N)=O)(c1cccc(C)c1)c1nsnc1S(=O)(=O)O)CC2. The molecule has 1 amide bonds. The van der Waals surface area contributed by atoms with Crippen LogP contribution < -0.4 is 15.2 Å². The number of methoxy groups -OCH3 is 2. The summed E-state index contributed by atoms with van der Waals surface area (Å²) in [5.74, 6) is 0.510. The van der Waals surface area contributed by atoms with Crippen molar-refractivity contribution in [3.8, 4) is 11.5 Å². The van der Waals surface area contributed by atoms with Gasteiger partial charge >= 0.3 is 10.1 Å². The molecule has 0 radical (unpaired) electrons. The maximum Gasteiger partial charge on any atom is 0.315 e. The molecule has 1 aliphatic heterocycles. The first-order chi connectivity index (χ1) is 16.6. The summed E-state index contributed by atoms with van der Waals surface area (Å²) in [6.45, 7) is 2.68. The lowest BCUT2D eigenvalue weighted by Gasteiger charge is -2.45. The van der Waals surface area contributed by atoms with E-state index < -0.39 is 26.6 Å². The molecule has 2 aromatic carbocycles. The third-order valence-corrected chi connectivity index (χ3v) is 7.70. The molecule has 1 atom stereocenters. The van der Waals surface area contributed by atoms with Crippen molar-refractivity contribution in [1.29, 1.82) is 0 Å². The Hall–Kier alpha value is -3.06. The van der Waals surface area contributed by atoms with Gasteiger partial charge in [-0.3, -0.25) is 14.2 Å². The summed E-state index contributed by atoms with van der Waals surface area (Å²) in [4.78, 5) is 14.5. The first-order valence-corrected chi connectivity index (χ1v) is 12.9. The molecular formula is C23H26N4O6S2. The summed E-state index contributed by atoms with van der Waals surface area (Å²) >= 11 is 0.652. The average Bonchev–Trinajstić information content (AvgIpc) is 3.32. The van der Waals surface area contributed by atoms with E-state index >= 15 is 0 Å². The van der Waals surface area contributed by atoms with Crippen LogP contribution in [-0.2, 0) is 33.4 Å². The molecule has 0 bridgehead atoms. The number of nitrogens with two attached hydrogens (primary N) is 1. The third kappa shape index (κ3) is 4.61. The highest BCUT2D eigenvalue weighted by atomic mass is 32.2. The fourth-order valence-corrected chi connectivity index (χ4v) is 6.25. The molecule has 1 aromatic heterocycles. The van der Waals surface area contributed by atoms with Crippen molar-refractivity contribution in [2.24, 2.45) is 5.73 Å². The normalized spacial score (nSPS) is 15.8. The number of nitrogens with zero attached hydrogens (tertiary/aromatic N) is 3. The Bertz CT molecular complexity index is 1370. The first-order valence-electron chi connectivity index (χ1n) is 10.7. The van der Waals surface area contributed by atoms with E-state index in [1.807, 2.05) is 42.2 Å². The van der Waals surface area contributed by atoms with E-state index in [-0.39, 0.29) is 12.1 Å². The second kappa shape index (κ2) is 9.53. The third-order valence-electron chi connectivity index (χ3n) is 6.28. The van der Waals surface area contributed by atoms with Gasteiger partial charge < -0.3 is 15.2 Å². The van der Waals surface area contributed by atoms with Crippen molar-refractivity contribution in [1.82, 2.24) is 13.6 Å². The van der Waals surface area contributed by atoms with Gasteiger partial charge in [-0.1, -0.05) is 29.8 Å².